The van der Waals surface area contributed by atoms with Gasteiger partial charge < -0.3 is 15.5 Å². The Kier molecular flexibility index (Phi) is 3.55. The molecule has 4 nitrogen and oxygen atoms in total. The van der Waals surface area contributed by atoms with Crippen LogP contribution in [0.5, 0.6) is 5.75 Å². The van der Waals surface area contributed by atoms with Crippen molar-refractivity contribution in [1.82, 2.24) is 5.32 Å². The van der Waals surface area contributed by atoms with Crippen LogP contribution in [0.25, 0.3) is 0 Å². The predicted octanol–water partition coefficient (Wildman–Crippen LogP) is 1.61. The molecule has 0 aliphatic heterocycles. The molecule has 96 valence electrons. The molecule has 0 radical (unpaired) electrons. The van der Waals surface area contributed by atoms with E-state index in [2.05, 4.69) is 5.32 Å². The van der Waals surface area contributed by atoms with Crippen LogP contribution in [0.3, 0.4) is 0 Å². The van der Waals surface area contributed by atoms with Crippen LogP contribution in [0.1, 0.15) is 43.1 Å². The molecule has 0 amide bonds. The van der Waals surface area contributed by atoms with Crippen LogP contribution < -0.4 is 5.32 Å². The third-order valence-corrected chi connectivity index (χ3v) is 3.39. The summed E-state index contributed by atoms with van der Waals surface area (Å²) in [6.07, 6.45) is 0.849. The maximum Gasteiger partial charge on any atom is 0.133 e. The van der Waals surface area contributed by atoms with Crippen molar-refractivity contribution in [2.75, 3.05) is 0 Å². The summed E-state index contributed by atoms with van der Waals surface area (Å²) < 4.78 is 0. The highest BCUT2D eigenvalue weighted by molar-refractivity contribution is 5.53. The number of phenols is 1. The lowest BCUT2D eigenvalue weighted by Gasteiger charge is -2.32. The molecule has 0 saturated carbocycles. The first-order valence-corrected chi connectivity index (χ1v) is 6.23. The molecule has 1 aromatic carbocycles. The summed E-state index contributed by atoms with van der Waals surface area (Å²) in [7, 11) is 0. The van der Waals surface area contributed by atoms with Crippen LogP contribution in [0.2, 0.25) is 0 Å². The minimum Gasteiger partial charge on any atom is -0.507 e. The van der Waals surface area contributed by atoms with Crippen molar-refractivity contribution in [3.05, 3.63) is 28.8 Å². The van der Waals surface area contributed by atoms with Crippen LogP contribution >= 0.6 is 0 Å². The molecule has 1 aliphatic carbocycles. The van der Waals surface area contributed by atoms with E-state index >= 15 is 0 Å². The molecule has 2 rings (SSSR count). The second-order valence-electron chi connectivity index (χ2n) is 5.05. The highest BCUT2D eigenvalue weighted by Gasteiger charge is 2.30. The van der Waals surface area contributed by atoms with E-state index in [1.165, 1.54) is 6.07 Å². The highest BCUT2D eigenvalue weighted by atomic mass is 16.3. The SMILES string of the molecule is CC(C)NC1CCc2c(ccc(O)c2C#N)C1O. The highest BCUT2D eigenvalue weighted by Crippen LogP contribution is 2.35. The molecular formula is C14H18N2O2. The first-order chi connectivity index (χ1) is 8.54. The van der Waals surface area contributed by atoms with Gasteiger partial charge in [0.25, 0.3) is 0 Å². The van der Waals surface area contributed by atoms with E-state index < -0.39 is 6.10 Å². The third kappa shape index (κ3) is 2.20. The van der Waals surface area contributed by atoms with Gasteiger partial charge in [-0.15, -0.1) is 0 Å². The average Bonchev–Trinajstić information content (AvgIpc) is 2.32. The molecule has 0 saturated heterocycles. The van der Waals surface area contributed by atoms with Crippen molar-refractivity contribution in [2.24, 2.45) is 0 Å². The largest absolute Gasteiger partial charge is 0.507 e. The van der Waals surface area contributed by atoms with Crippen molar-refractivity contribution in [2.45, 2.75) is 44.9 Å². The number of fused-ring (bicyclic) bond motifs is 1. The lowest BCUT2D eigenvalue weighted by molar-refractivity contribution is 0.110. The van der Waals surface area contributed by atoms with E-state index in [1.54, 1.807) is 6.07 Å². The maximum absolute atomic E-state index is 10.3. The normalized spacial score (nSPS) is 22.6. The Balaban J connectivity index is 2.37. The van der Waals surface area contributed by atoms with Gasteiger partial charge in [0.1, 0.15) is 11.8 Å². The van der Waals surface area contributed by atoms with E-state index in [4.69, 9.17) is 5.26 Å². The van der Waals surface area contributed by atoms with E-state index in [9.17, 15) is 10.2 Å². The van der Waals surface area contributed by atoms with Crippen LogP contribution in [0.4, 0.5) is 0 Å². The minimum absolute atomic E-state index is 0.00119. The number of phenolic OH excluding ortho intramolecular Hbond substituents is 1. The third-order valence-electron chi connectivity index (χ3n) is 3.39. The van der Waals surface area contributed by atoms with Gasteiger partial charge >= 0.3 is 0 Å². The van der Waals surface area contributed by atoms with Crippen molar-refractivity contribution >= 4 is 0 Å². The number of benzene rings is 1. The second kappa shape index (κ2) is 4.97. The summed E-state index contributed by atoms with van der Waals surface area (Å²) in [5, 5.41) is 32.4. The summed E-state index contributed by atoms with van der Waals surface area (Å²) in [5.41, 5.74) is 1.84. The van der Waals surface area contributed by atoms with Crippen LogP contribution in [0.15, 0.2) is 12.1 Å². The zero-order chi connectivity index (χ0) is 13.3. The molecule has 18 heavy (non-hydrogen) atoms. The van der Waals surface area contributed by atoms with E-state index in [1.807, 2.05) is 19.9 Å². The molecular weight excluding hydrogens is 228 g/mol. The Morgan fingerprint density at radius 1 is 1.44 bits per heavy atom. The zero-order valence-electron chi connectivity index (χ0n) is 10.6. The Morgan fingerprint density at radius 3 is 2.78 bits per heavy atom. The number of aromatic hydroxyl groups is 1. The predicted molar refractivity (Wildman–Crippen MR) is 68.2 cm³/mol. The Hall–Kier alpha value is -1.57. The zero-order valence-corrected chi connectivity index (χ0v) is 10.6. The molecule has 0 bridgehead atoms. The number of aliphatic hydroxyl groups is 1. The molecule has 2 unspecified atom stereocenters. The van der Waals surface area contributed by atoms with Crippen molar-refractivity contribution in [1.29, 1.82) is 5.26 Å². The quantitative estimate of drug-likeness (QED) is 0.741. The molecule has 0 aromatic heterocycles. The van der Waals surface area contributed by atoms with Gasteiger partial charge in [-0.2, -0.15) is 5.26 Å². The average molecular weight is 246 g/mol. The number of hydrogen-bond donors (Lipinski definition) is 3. The lowest BCUT2D eigenvalue weighted by atomic mass is 9.83. The van der Waals surface area contributed by atoms with Crippen LogP contribution in [-0.4, -0.2) is 22.3 Å². The standard InChI is InChI=1S/C14H18N2O2/c1-8(2)16-12-5-3-9-10(14(12)18)4-6-13(17)11(9)7-15/h4,6,8,12,14,16-18H,3,5H2,1-2H3. The summed E-state index contributed by atoms with van der Waals surface area (Å²) in [6.45, 7) is 4.08. The molecule has 0 spiro atoms. The van der Waals surface area contributed by atoms with E-state index in [-0.39, 0.29) is 11.8 Å². The Bertz CT molecular complexity index is 491. The molecule has 0 heterocycles. The number of aliphatic hydroxyl groups excluding tert-OH is 1. The molecule has 4 heteroatoms. The van der Waals surface area contributed by atoms with Gasteiger partial charge in [0, 0.05) is 12.1 Å². The van der Waals surface area contributed by atoms with Gasteiger partial charge in [0.2, 0.25) is 0 Å². The number of hydrogen-bond acceptors (Lipinski definition) is 4. The van der Waals surface area contributed by atoms with Crippen LogP contribution in [0, 0.1) is 11.3 Å². The first-order valence-electron chi connectivity index (χ1n) is 6.23. The van der Waals surface area contributed by atoms with Gasteiger partial charge in [-0.3, -0.25) is 0 Å². The van der Waals surface area contributed by atoms with Gasteiger partial charge in [-0.25, -0.2) is 0 Å². The topological polar surface area (TPSA) is 76.3 Å². The molecule has 1 aliphatic rings. The minimum atomic E-state index is -0.621. The van der Waals surface area contributed by atoms with Crippen LogP contribution in [-0.2, 0) is 6.42 Å². The fourth-order valence-corrected chi connectivity index (χ4v) is 2.60. The summed E-state index contributed by atoms with van der Waals surface area (Å²) in [4.78, 5) is 0. The second-order valence-corrected chi connectivity index (χ2v) is 5.05. The Morgan fingerprint density at radius 2 is 2.17 bits per heavy atom. The smallest absolute Gasteiger partial charge is 0.133 e. The summed E-state index contributed by atoms with van der Waals surface area (Å²) in [5.74, 6) is -0.00119. The number of nitrogens with one attached hydrogen (secondary N) is 1. The lowest BCUT2D eigenvalue weighted by Crippen LogP contribution is -2.42. The van der Waals surface area contributed by atoms with Gasteiger partial charge in [-0.05, 0) is 30.0 Å². The van der Waals surface area contributed by atoms with Crippen molar-refractivity contribution in [3.8, 4) is 11.8 Å². The molecule has 2 atom stereocenters. The maximum atomic E-state index is 10.3. The van der Waals surface area contributed by atoms with Gasteiger partial charge in [-0.1, -0.05) is 19.9 Å². The van der Waals surface area contributed by atoms with E-state index in [0.29, 0.717) is 18.0 Å². The first kappa shape index (κ1) is 12.9. The van der Waals surface area contributed by atoms with Crippen molar-refractivity contribution < 1.29 is 10.2 Å². The number of rotatable bonds is 2. The monoisotopic (exact) mass is 246 g/mol. The summed E-state index contributed by atoms with van der Waals surface area (Å²) in [6, 6.07) is 5.53. The summed E-state index contributed by atoms with van der Waals surface area (Å²) >= 11 is 0. The fraction of sp³-hybridized carbons (Fsp3) is 0.500. The number of nitrogens with zero attached hydrogens (tertiary/aromatic N) is 1. The van der Waals surface area contributed by atoms with Gasteiger partial charge in [0.15, 0.2) is 0 Å². The van der Waals surface area contributed by atoms with Crippen molar-refractivity contribution in [3.63, 3.8) is 0 Å². The Labute approximate surface area is 107 Å². The molecule has 0 fully saturated rings. The molecule has 1 aromatic rings. The fourth-order valence-electron chi connectivity index (χ4n) is 2.60. The van der Waals surface area contributed by atoms with Gasteiger partial charge in [0.05, 0.1) is 11.7 Å². The number of nitriles is 1. The van der Waals surface area contributed by atoms with E-state index in [0.717, 1.165) is 17.5 Å². The molecule has 3 N–H and O–H groups in total.